The van der Waals surface area contributed by atoms with Crippen LogP contribution in [-0.4, -0.2) is 23.0 Å². The molecule has 9 heteroatoms. The third kappa shape index (κ3) is 3.11. The number of ether oxygens (including phenoxy) is 2. The Labute approximate surface area is 147 Å². The van der Waals surface area contributed by atoms with Gasteiger partial charge in [-0.2, -0.15) is 10.2 Å². The molecule has 0 saturated carbocycles. The molecule has 26 heavy (non-hydrogen) atoms. The summed E-state index contributed by atoms with van der Waals surface area (Å²) in [6.07, 6.45) is 1.37. The highest BCUT2D eigenvalue weighted by Gasteiger charge is 2.18. The molecule has 0 saturated heterocycles. The van der Waals surface area contributed by atoms with Gasteiger partial charge in [0.1, 0.15) is 17.5 Å². The van der Waals surface area contributed by atoms with E-state index in [0.29, 0.717) is 5.56 Å². The first kappa shape index (κ1) is 16.8. The van der Waals surface area contributed by atoms with Gasteiger partial charge in [-0.25, -0.2) is 9.78 Å². The molecule has 0 fully saturated rings. The molecule has 0 atom stereocenters. The van der Waals surface area contributed by atoms with Crippen molar-refractivity contribution in [2.45, 2.75) is 0 Å². The zero-order valence-electron chi connectivity index (χ0n) is 13.6. The zero-order valence-corrected chi connectivity index (χ0v) is 13.6. The van der Waals surface area contributed by atoms with E-state index in [1.165, 1.54) is 25.5 Å². The Morgan fingerprint density at radius 2 is 2.04 bits per heavy atom. The van der Waals surface area contributed by atoms with Crippen molar-refractivity contribution >= 4 is 17.7 Å². The first-order valence-electron chi connectivity index (χ1n) is 7.30. The van der Waals surface area contributed by atoms with Crippen LogP contribution in [0.25, 0.3) is 11.3 Å². The summed E-state index contributed by atoms with van der Waals surface area (Å²) in [6.45, 7) is 0. The summed E-state index contributed by atoms with van der Waals surface area (Å²) in [5.74, 6) is -0.284. The van der Waals surface area contributed by atoms with Crippen LogP contribution in [0.3, 0.4) is 0 Å². The van der Waals surface area contributed by atoms with Gasteiger partial charge in [-0.15, -0.1) is 0 Å². The minimum atomic E-state index is -0.672. The number of furan rings is 1. The Balaban J connectivity index is 2.00. The largest absolute Gasteiger partial charge is 0.493 e. The van der Waals surface area contributed by atoms with Crippen molar-refractivity contribution in [1.82, 2.24) is 9.97 Å². The summed E-state index contributed by atoms with van der Waals surface area (Å²) in [6, 6.07) is 9.65. The number of nitrogens with zero attached hydrogens (tertiary/aromatic N) is 3. The second-order valence-electron chi connectivity index (χ2n) is 5.03. The molecule has 0 amide bonds. The molecule has 2 heterocycles. The van der Waals surface area contributed by atoms with E-state index in [-0.39, 0.29) is 40.3 Å². The van der Waals surface area contributed by atoms with Gasteiger partial charge >= 0.3 is 5.97 Å². The van der Waals surface area contributed by atoms with Crippen molar-refractivity contribution in [3.63, 3.8) is 0 Å². The van der Waals surface area contributed by atoms with Crippen LogP contribution in [0.2, 0.25) is 0 Å². The number of methoxy groups -OCH3 is 1. The molecule has 130 valence electrons. The van der Waals surface area contributed by atoms with Crippen LogP contribution in [0.1, 0.15) is 16.1 Å². The lowest BCUT2D eigenvalue weighted by Crippen LogP contribution is -2.08. The fourth-order valence-corrected chi connectivity index (χ4v) is 2.26. The third-order valence-electron chi connectivity index (χ3n) is 3.43. The van der Waals surface area contributed by atoms with Crippen LogP contribution >= 0.6 is 0 Å². The Morgan fingerprint density at radius 1 is 1.23 bits per heavy atom. The molecule has 0 unspecified atom stereocenters. The lowest BCUT2D eigenvalue weighted by Gasteiger charge is -2.11. The molecular formula is C17H13N5O4. The fourth-order valence-electron chi connectivity index (χ4n) is 2.26. The molecule has 3 rings (SSSR count). The van der Waals surface area contributed by atoms with Crippen molar-refractivity contribution in [3.05, 3.63) is 47.9 Å². The van der Waals surface area contributed by atoms with Crippen LogP contribution < -0.4 is 20.9 Å². The number of hydrogen-bond donors (Lipinski definition) is 2. The maximum Gasteiger partial charge on any atom is 0.379 e. The van der Waals surface area contributed by atoms with E-state index in [0.717, 1.165) is 0 Å². The number of aromatic nitrogens is 2. The first-order chi connectivity index (χ1) is 12.5. The van der Waals surface area contributed by atoms with E-state index in [2.05, 4.69) is 9.97 Å². The highest BCUT2D eigenvalue weighted by Crippen LogP contribution is 2.34. The van der Waals surface area contributed by atoms with Crippen LogP contribution in [-0.2, 0) is 0 Å². The van der Waals surface area contributed by atoms with Crippen LogP contribution in [0.5, 0.6) is 11.5 Å². The third-order valence-corrected chi connectivity index (χ3v) is 3.43. The van der Waals surface area contributed by atoms with E-state index in [1.54, 1.807) is 18.2 Å². The van der Waals surface area contributed by atoms with E-state index in [9.17, 15) is 10.1 Å². The van der Waals surface area contributed by atoms with Gasteiger partial charge in [-0.05, 0) is 30.3 Å². The van der Waals surface area contributed by atoms with Gasteiger partial charge in [0, 0.05) is 5.56 Å². The highest BCUT2D eigenvalue weighted by atomic mass is 16.6. The molecule has 1 aromatic carbocycles. The Bertz CT molecular complexity index is 1010. The Morgan fingerprint density at radius 3 is 2.69 bits per heavy atom. The van der Waals surface area contributed by atoms with Crippen molar-refractivity contribution in [2.24, 2.45) is 0 Å². The number of nitrogens with two attached hydrogens (primary N) is 2. The molecule has 2 aromatic heterocycles. The van der Waals surface area contributed by atoms with Crippen molar-refractivity contribution in [3.8, 4) is 28.8 Å². The predicted molar refractivity (Wildman–Crippen MR) is 91.2 cm³/mol. The molecule has 3 aromatic rings. The number of rotatable bonds is 4. The molecule has 9 nitrogen and oxygen atoms in total. The normalized spacial score (nSPS) is 10.2. The number of nitriles is 1. The smallest absolute Gasteiger partial charge is 0.379 e. The topological polar surface area (TPSA) is 150 Å². The van der Waals surface area contributed by atoms with Crippen molar-refractivity contribution in [2.75, 3.05) is 18.6 Å². The van der Waals surface area contributed by atoms with Gasteiger partial charge in [0.15, 0.2) is 11.5 Å². The van der Waals surface area contributed by atoms with E-state index in [1.807, 2.05) is 6.07 Å². The minimum Gasteiger partial charge on any atom is -0.493 e. The zero-order chi connectivity index (χ0) is 18.7. The fraction of sp³-hybridized carbons (Fsp3) is 0.0588. The van der Waals surface area contributed by atoms with E-state index >= 15 is 0 Å². The van der Waals surface area contributed by atoms with Gasteiger partial charge < -0.3 is 25.4 Å². The standard InChI is InChI=1S/C17H13N5O4/c1-24-13-7-9(14-10(8-18)15(19)22-17(20)21-14)4-5-11(13)26-16(23)12-3-2-6-25-12/h2-7H,1H3,(H4,19,20,21,22). The second-order valence-corrected chi connectivity index (χ2v) is 5.03. The average molecular weight is 351 g/mol. The van der Waals surface area contributed by atoms with E-state index in [4.69, 9.17) is 25.4 Å². The van der Waals surface area contributed by atoms with Crippen LogP contribution in [0.15, 0.2) is 41.0 Å². The van der Waals surface area contributed by atoms with E-state index < -0.39 is 5.97 Å². The molecule has 0 aliphatic rings. The van der Waals surface area contributed by atoms with Crippen molar-refractivity contribution < 1.29 is 18.7 Å². The summed E-state index contributed by atoms with van der Waals surface area (Å²) in [7, 11) is 1.41. The number of benzene rings is 1. The lowest BCUT2D eigenvalue weighted by atomic mass is 10.1. The summed E-state index contributed by atoms with van der Waals surface area (Å²) in [5, 5.41) is 9.30. The van der Waals surface area contributed by atoms with Crippen LogP contribution in [0.4, 0.5) is 11.8 Å². The molecular weight excluding hydrogens is 338 g/mol. The van der Waals surface area contributed by atoms with Crippen molar-refractivity contribution in [1.29, 1.82) is 5.26 Å². The molecule has 0 aliphatic heterocycles. The van der Waals surface area contributed by atoms with Gasteiger partial charge in [0.25, 0.3) is 0 Å². The van der Waals surface area contributed by atoms with Gasteiger partial charge in [-0.3, -0.25) is 0 Å². The quantitative estimate of drug-likeness (QED) is 0.531. The molecule has 4 N–H and O–H groups in total. The maximum atomic E-state index is 12.0. The summed E-state index contributed by atoms with van der Waals surface area (Å²) in [5.41, 5.74) is 12.2. The van der Waals surface area contributed by atoms with Crippen LogP contribution in [0, 0.1) is 11.3 Å². The van der Waals surface area contributed by atoms with Gasteiger partial charge in [0.05, 0.1) is 19.1 Å². The number of carbonyl (C=O) groups is 1. The minimum absolute atomic E-state index is 0.0257. The number of nitrogen functional groups attached to an aromatic ring is 2. The average Bonchev–Trinajstić information content (AvgIpc) is 3.16. The second kappa shape index (κ2) is 6.82. The summed E-state index contributed by atoms with van der Waals surface area (Å²) < 4.78 is 15.5. The molecule has 0 bridgehead atoms. The molecule has 0 radical (unpaired) electrons. The Kier molecular flexibility index (Phi) is 4.40. The number of esters is 1. The monoisotopic (exact) mass is 351 g/mol. The summed E-state index contributed by atoms with van der Waals surface area (Å²) >= 11 is 0. The molecule has 0 aliphatic carbocycles. The number of carbonyl (C=O) groups excluding carboxylic acids is 1. The highest BCUT2D eigenvalue weighted by molar-refractivity contribution is 5.88. The molecule has 0 spiro atoms. The SMILES string of the molecule is COc1cc(-c2nc(N)nc(N)c2C#N)ccc1OC(=O)c1ccco1. The maximum absolute atomic E-state index is 12.0. The Hall–Kier alpha value is -4.06. The predicted octanol–water partition coefficient (Wildman–Crippen LogP) is 2.00. The number of hydrogen-bond acceptors (Lipinski definition) is 9. The lowest BCUT2D eigenvalue weighted by molar-refractivity contribution is 0.0696. The first-order valence-corrected chi connectivity index (χ1v) is 7.30. The van der Waals surface area contributed by atoms with Gasteiger partial charge in [0.2, 0.25) is 11.7 Å². The number of anilines is 2. The summed E-state index contributed by atoms with van der Waals surface area (Å²) in [4.78, 5) is 19.9. The van der Waals surface area contributed by atoms with Gasteiger partial charge in [-0.1, -0.05) is 0 Å².